The summed E-state index contributed by atoms with van der Waals surface area (Å²) < 4.78 is 30.2. The molecule has 1 amide bonds. The number of aryl methyl sites for hydroxylation is 1. The highest BCUT2D eigenvalue weighted by Crippen LogP contribution is 2.18. The van der Waals surface area contributed by atoms with Gasteiger partial charge in [-0.05, 0) is 54.4 Å². The normalized spacial score (nSPS) is 11.3. The molecule has 1 N–H and O–H groups in total. The number of sulfonamides is 1. The molecule has 8 heteroatoms. The highest BCUT2D eigenvalue weighted by molar-refractivity contribution is 7.92. The lowest BCUT2D eigenvalue weighted by Gasteiger charge is -2.21. The number of nitrogens with zero attached hydrogens (tertiary/aromatic N) is 2. The van der Waals surface area contributed by atoms with Crippen LogP contribution < -0.4 is 14.5 Å². The first kappa shape index (κ1) is 19.5. The lowest BCUT2D eigenvalue weighted by molar-refractivity contribution is -0.119. The largest absolute Gasteiger partial charge is 0.497 e. The number of ether oxygens (including phenoxy) is 1. The third-order valence-corrected chi connectivity index (χ3v) is 4.64. The summed E-state index contributed by atoms with van der Waals surface area (Å²) in [5, 5.41) is 3.86. The molecule has 2 rings (SSSR count). The van der Waals surface area contributed by atoms with Crippen LogP contribution in [-0.2, 0) is 14.8 Å². The number of amides is 1. The van der Waals surface area contributed by atoms with Crippen molar-refractivity contribution in [3.63, 3.8) is 0 Å². The lowest BCUT2D eigenvalue weighted by atomic mass is 10.2. The number of carbonyl (C=O) groups is 1. The van der Waals surface area contributed by atoms with Gasteiger partial charge in [-0.3, -0.25) is 9.10 Å². The van der Waals surface area contributed by atoms with Gasteiger partial charge in [0.15, 0.2) is 0 Å². The van der Waals surface area contributed by atoms with Gasteiger partial charge in [0.2, 0.25) is 10.0 Å². The van der Waals surface area contributed by atoms with E-state index in [0.717, 1.165) is 21.7 Å². The van der Waals surface area contributed by atoms with Crippen LogP contribution in [0.25, 0.3) is 0 Å². The molecular formula is C18H21N3O4S. The maximum absolute atomic E-state index is 12.1. The molecule has 0 spiro atoms. The van der Waals surface area contributed by atoms with Crippen LogP contribution in [0, 0.1) is 6.92 Å². The molecule has 0 atom stereocenters. The Morgan fingerprint density at radius 1 is 1.23 bits per heavy atom. The number of hydrazone groups is 1. The molecule has 7 nitrogen and oxygen atoms in total. The van der Waals surface area contributed by atoms with Crippen LogP contribution in [0.15, 0.2) is 53.6 Å². The quantitative estimate of drug-likeness (QED) is 0.592. The van der Waals surface area contributed by atoms with E-state index >= 15 is 0 Å². The van der Waals surface area contributed by atoms with Gasteiger partial charge in [-0.25, -0.2) is 13.8 Å². The molecule has 0 aromatic heterocycles. The molecule has 0 bridgehead atoms. The molecule has 0 aliphatic rings. The molecule has 2 aromatic carbocycles. The van der Waals surface area contributed by atoms with Crippen LogP contribution in [0.4, 0.5) is 5.69 Å². The Kier molecular flexibility index (Phi) is 6.35. The molecule has 0 saturated carbocycles. The molecule has 138 valence electrons. The van der Waals surface area contributed by atoms with Gasteiger partial charge in [0.1, 0.15) is 12.3 Å². The van der Waals surface area contributed by atoms with Gasteiger partial charge in [0.05, 0.1) is 25.3 Å². The van der Waals surface area contributed by atoms with Gasteiger partial charge in [-0.1, -0.05) is 12.1 Å². The van der Waals surface area contributed by atoms with Gasteiger partial charge in [-0.15, -0.1) is 0 Å². The van der Waals surface area contributed by atoms with E-state index in [4.69, 9.17) is 4.74 Å². The van der Waals surface area contributed by atoms with E-state index in [2.05, 4.69) is 10.5 Å². The predicted molar refractivity (Wildman–Crippen MR) is 102 cm³/mol. The number of carbonyl (C=O) groups excluding carboxylic acids is 1. The van der Waals surface area contributed by atoms with Crippen molar-refractivity contribution in [3.8, 4) is 5.75 Å². The molecule has 0 fully saturated rings. The van der Waals surface area contributed by atoms with E-state index in [-0.39, 0.29) is 6.54 Å². The summed E-state index contributed by atoms with van der Waals surface area (Å²) >= 11 is 0. The summed E-state index contributed by atoms with van der Waals surface area (Å²) in [6.07, 6.45) is 2.53. The molecule has 0 unspecified atom stereocenters. The van der Waals surface area contributed by atoms with E-state index in [1.807, 2.05) is 13.0 Å². The fourth-order valence-corrected chi connectivity index (χ4v) is 3.07. The zero-order valence-corrected chi connectivity index (χ0v) is 15.7. The molecule has 0 saturated heterocycles. The fourth-order valence-electron chi connectivity index (χ4n) is 2.22. The average molecular weight is 375 g/mol. The molecule has 0 radical (unpaired) electrons. The maximum Gasteiger partial charge on any atom is 0.260 e. The first-order valence-corrected chi connectivity index (χ1v) is 9.65. The molecule has 26 heavy (non-hydrogen) atoms. The minimum atomic E-state index is -3.61. The zero-order valence-electron chi connectivity index (χ0n) is 14.8. The van der Waals surface area contributed by atoms with Crippen LogP contribution in [0.3, 0.4) is 0 Å². The summed E-state index contributed by atoms with van der Waals surface area (Å²) in [6, 6.07) is 14.0. The average Bonchev–Trinajstić information content (AvgIpc) is 2.59. The van der Waals surface area contributed by atoms with E-state index in [1.54, 1.807) is 49.6 Å². The van der Waals surface area contributed by atoms with Gasteiger partial charge in [-0.2, -0.15) is 5.10 Å². The lowest BCUT2D eigenvalue weighted by Crippen LogP contribution is -2.39. The monoisotopic (exact) mass is 375 g/mol. The minimum absolute atomic E-state index is 0.359. The number of hydrogen-bond donors (Lipinski definition) is 1. The van der Waals surface area contributed by atoms with Gasteiger partial charge < -0.3 is 4.74 Å². The maximum atomic E-state index is 12.1. The van der Waals surface area contributed by atoms with Crippen molar-refractivity contribution in [2.45, 2.75) is 6.92 Å². The third kappa shape index (κ3) is 5.59. The van der Waals surface area contributed by atoms with Crippen molar-refractivity contribution in [1.82, 2.24) is 5.43 Å². The van der Waals surface area contributed by atoms with Gasteiger partial charge in [0.25, 0.3) is 5.91 Å². The molecule has 0 aliphatic carbocycles. The first-order chi connectivity index (χ1) is 12.3. The third-order valence-electron chi connectivity index (χ3n) is 3.50. The minimum Gasteiger partial charge on any atom is -0.497 e. The van der Waals surface area contributed by atoms with E-state index in [9.17, 15) is 13.2 Å². The number of rotatable bonds is 7. The fraction of sp³-hybridized carbons (Fsp3) is 0.222. The van der Waals surface area contributed by atoms with Crippen molar-refractivity contribution >= 4 is 27.8 Å². The molecule has 2 aromatic rings. The number of hydrogen-bond acceptors (Lipinski definition) is 5. The Balaban J connectivity index is 2.04. The summed E-state index contributed by atoms with van der Waals surface area (Å²) in [7, 11) is -2.03. The smallest absolute Gasteiger partial charge is 0.260 e. The summed E-state index contributed by atoms with van der Waals surface area (Å²) in [6.45, 7) is 1.49. The Morgan fingerprint density at radius 3 is 2.50 bits per heavy atom. The Morgan fingerprint density at radius 2 is 1.92 bits per heavy atom. The highest BCUT2D eigenvalue weighted by atomic mass is 32.2. The van der Waals surface area contributed by atoms with E-state index in [1.165, 1.54) is 6.21 Å². The number of nitrogens with one attached hydrogen (secondary N) is 1. The van der Waals surface area contributed by atoms with Crippen LogP contribution >= 0.6 is 0 Å². The summed E-state index contributed by atoms with van der Waals surface area (Å²) in [4.78, 5) is 12.1. The van der Waals surface area contributed by atoms with Crippen LogP contribution in [0.5, 0.6) is 5.75 Å². The number of benzene rings is 2. The van der Waals surface area contributed by atoms with Gasteiger partial charge in [0, 0.05) is 0 Å². The van der Waals surface area contributed by atoms with Crippen LogP contribution in [0.2, 0.25) is 0 Å². The van der Waals surface area contributed by atoms with E-state index < -0.39 is 15.9 Å². The summed E-state index contributed by atoms with van der Waals surface area (Å²) in [5.41, 5.74) is 4.44. The standard InChI is InChI=1S/C18H21N3O4S/c1-14-5-4-6-16(11-14)21(26(3,23)24)13-18(22)20-19-12-15-7-9-17(25-2)10-8-15/h4-12H,13H2,1-3H3,(H,20,22)/b19-12+. The van der Waals surface area contributed by atoms with Crippen molar-refractivity contribution < 1.29 is 17.9 Å². The van der Waals surface area contributed by atoms with Crippen LogP contribution in [-0.4, -0.2) is 40.4 Å². The second-order valence-electron chi connectivity index (χ2n) is 5.67. The van der Waals surface area contributed by atoms with Crippen molar-refractivity contribution in [1.29, 1.82) is 0 Å². The number of methoxy groups -OCH3 is 1. The first-order valence-electron chi connectivity index (χ1n) is 7.80. The number of anilines is 1. The van der Waals surface area contributed by atoms with E-state index in [0.29, 0.717) is 11.4 Å². The van der Waals surface area contributed by atoms with Crippen LogP contribution in [0.1, 0.15) is 11.1 Å². The Hall–Kier alpha value is -2.87. The van der Waals surface area contributed by atoms with Crippen molar-refractivity contribution in [3.05, 3.63) is 59.7 Å². The van der Waals surface area contributed by atoms with Crippen molar-refractivity contribution in [2.75, 3.05) is 24.2 Å². The molecule has 0 heterocycles. The van der Waals surface area contributed by atoms with Gasteiger partial charge >= 0.3 is 0 Å². The SMILES string of the molecule is COc1ccc(/C=N/NC(=O)CN(c2cccc(C)c2)S(C)(=O)=O)cc1. The molecular weight excluding hydrogens is 354 g/mol. The second-order valence-corrected chi connectivity index (χ2v) is 7.58. The molecule has 0 aliphatic heterocycles. The van der Waals surface area contributed by atoms with Crippen molar-refractivity contribution in [2.24, 2.45) is 5.10 Å². The Bertz CT molecular complexity index is 893. The topological polar surface area (TPSA) is 88.1 Å². The summed E-state index contributed by atoms with van der Waals surface area (Å²) in [5.74, 6) is 0.176. The highest BCUT2D eigenvalue weighted by Gasteiger charge is 2.20. The Labute approximate surface area is 153 Å². The predicted octanol–water partition coefficient (Wildman–Crippen LogP) is 1.92. The second kappa shape index (κ2) is 8.48. The zero-order chi connectivity index (χ0) is 19.2.